The molecule has 0 aromatic heterocycles. The lowest BCUT2D eigenvalue weighted by atomic mass is 9.56. The van der Waals surface area contributed by atoms with Crippen molar-refractivity contribution in [3.8, 4) is 0 Å². The van der Waals surface area contributed by atoms with E-state index in [1.807, 2.05) is 0 Å². The summed E-state index contributed by atoms with van der Waals surface area (Å²) in [5.74, 6) is 2.23. The van der Waals surface area contributed by atoms with Crippen molar-refractivity contribution < 1.29 is 0 Å². The standard InChI is InChI=1S/C8H15N/c1-9(2)8-5-6-3-4-7(6)8/h6-8H,3-5H2,1-2H3. The van der Waals surface area contributed by atoms with Gasteiger partial charge >= 0.3 is 0 Å². The molecular formula is C8H15N. The van der Waals surface area contributed by atoms with Gasteiger partial charge in [0.05, 0.1) is 0 Å². The summed E-state index contributed by atoms with van der Waals surface area (Å²) >= 11 is 0. The maximum absolute atomic E-state index is 2.39. The molecule has 0 aliphatic heterocycles. The van der Waals surface area contributed by atoms with Crippen molar-refractivity contribution in [3.05, 3.63) is 0 Å². The van der Waals surface area contributed by atoms with Crippen LogP contribution in [0.2, 0.25) is 0 Å². The molecule has 2 aliphatic rings. The van der Waals surface area contributed by atoms with Gasteiger partial charge in [-0.2, -0.15) is 0 Å². The zero-order valence-corrected chi connectivity index (χ0v) is 6.30. The van der Waals surface area contributed by atoms with Gasteiger partial charge in [0, 0.05) is 6.04 Å². The van der Waals surface area contributed by atoms with E-state index < -0.39 is 0 Å². The van der Waals surface area contributed by atoms with Crippen LogP contribution in [0.25, 0.3) is 0 Å². The maximum atomic E-state index is 2.39. The Balaban J connectivity index is 1.90. The first-order valence-electron chi connectivity index (χ1n) is 3.95. The average molecular weight is 125 g/mol. The Bertz CT molecular complexity index is 120. The van der Waals surface area contributed by atoms with Crippen LogP contribution in [-0.4, -0.2) is 25.0 Å². The van der Waals surface area contributed by atoms with Crippen LogP contribution >= 0.6 is 0 Å². The molecule has 0 radical (unpaired) electrons. The van der Waals surface area contributed by atoms with Gasteiger partial charge in [0.1, 0.15) is 0 Å². The number of hydrogen-bond acceptors (Lipinski definition) is 1. The fourth-order valence-electron chi connectivity index (χ4n) is 2.28. The molecule has 1 heteroatoms. The van der Waals surface area contributed by atoms with E-state index in [9.17, 15) is 0 Å². The monoisotopic (exact) mass is 125 g/mol. The van der Waals surface area contributed by atoms with Gasteiger partial charge < -0.3 is 4.90 Å². The molecule has 0 bridgehead atoms. The first kappa shape index (κ1) is 5.72. The molecule has 0 heterocycles. The maximum Gasteiger partial charge on any atom is 0.0123 e. The molecular weight excluding hydrogens is 110 g/mol. The van der Waals surface area contributed by atoms with Crippen molar-refractivity contribution in [2.45, 2.75) is 25.3 Å². The first-order chi connectivity index (χ1) is 4.29. The van der Waals surface area contributed by atoms with Crippen LogP contribution in [0.1, 0.15) is 19.3 Å². The van der Waals surface area contributed by atoms with E-state index in [-0.39, 0.29) is 0 Å². The molecule has 3 atom stereocenters. The normalized spacial score (nSPS) is 47.7. The zero-order valence-electron chi connectivity index (χ0n) is 6.30. The van der Waals surface area contributed by atoms with E-state index in [1.165, 1.54) is 19.3 Å². The van der Waals surface area contributed by atoms with Gasteiger partial charge in [-0.1, -0.05) is 0 Å². The molecule has 1 nitrogen and oxygen atoms in total. The third kappa shape index (κ3) is 0.644. The van der Waals surface area contributed by atoms with E-state index in [1.54, 1.807) is 0 Å². The van der Waals surface area contributed by atoms with Crippen molar-refractivity contribution in [2.24, 2.45) is 11.8 Å². The average Bonchev–Trinajstić information content (AvgIpc) is 1.76. The van der Waals surface area contributed by atoms with Gasteiger partial charge in [0.2, 0.25) is 0 Å². The second-order valence-corrected chi connectivity index (χ2v) is 3.77. The second kappa shape index (κ2) is 1.72. The van der Waals surface area contributed by atoms with Crippen molar-refractivity contribution in [2.75, 3.05) is 14.1 Å². The van der Waals surface area contributed by atoms with Crippen LogP contribution in [0.3, 0.4) is 0 Å². The van der Waals surface area contributed by atoms with Crippen molar-refractivity contribution in [1.82, 2.24) is 4.90 Å². The molecule has 0 N–H and O–H groups in total. The number of rotatable bonds is 1. The molecule has 2 fully saturated rings. The lowest BCUT2D eigenvalue weighted by molar-refractivity contribution is -0.0439. The molecule has 2 aliphatic carbocycles. The number of hydrogen-bond donors (Lipinski definition) is 0. The third-order valence-electron chi connectivity index (χ3n) is 3.18. The highest BCUT2D eigenvalue weighted by Gasteiger charge is 2.47. The van der Waals surface area contributed by atoms with E-state index in [0.29, 0.717) is 0 Å². The van der Waals surface area contributed by atoms with Crippen molar-refractivity contribution in [1.29, 1.82) is 0 Å². The second-order valence-electron chi connectivity index (χ2n) is 3.77. The highest BCUT2D eigenvalue weighted by atomic mass is 15.1. The summed E-state index contributed by atoms with van der Waals surface area (Å²) in [4.78, 5) is 2.39. The lowest BCUT2D eigenvalue weighted by Crippen LogP contribution is -2.54. The Labute approximate surface area is 57.0 Å². The molecule has 0 amide bonds. The molecule has 3 unspecified atom stereocenters. The Morgan fingerprint density at radius 1 is 1.22 bits per heavy atom. The minimum Gasteiger partial charge on any atom is -0.306 e. The summed E-state index contributed by atoms with van der Waals surface area (Å²) < 4.78 is 0. The summed E-state index contributed by atoms with van der Waals surface area (Å²) in [6, 6.07) is 0.948. The topological polar surface area (TPSA) is 3.24 Å². The predicted molar refractivity (Wildman–Crippen MR) is 38.3 cm³/mol. The van der Waals surface area contributed by atoms with Gasteiger partial charge in [-0.25, -0.2) is 0 Å². The molecule has 9 heavy (non-hydrogen) atoms. The highest BCUT2D eigenvalue weighted by Crippen LogP contribution is 2.51. The number of nitrogens with zero attached hydrogens (tertiary/aromatic N) is 1. The minimum atomic E-state index is 0.948. The summed E-state index contributed by atoms with van der Waals surface area (Å²) in [6.07, 6.45) is 4.51. The fraction of sp³-hybridized carbons (Fsp3) is 1.00. The zero-order chi connectivity index (χ0) is 6.43. The van der Waals surface area contributed by atoms with Crippen molar-refractivity contribution in [3.63, 3.8) is 0 Å². The van der Waals surface area contributed by atoms with Crippen molar-refractivity contribution >= 4 is 0 Å². The summed E-state index contributed by atoms with van der Waals surface area (Å²) in [5.41, 5.74) is 0. The van der Waals surface area contributed by atoms with Gasteiger partial charge in [-0.15, -0.1) is 0 Å². The molecule has 0 aromatic rings. The molecule has 2 rings (SSSR count). The Morgan fingerprint density at radius 3 is 2.11 bits per heavy atom. The number of fused-ring (bicyclic) bond motifs is 1. The Morgan fingerprint density at radius 2 is 2.00 bits per heavy atom. The van der Waals surface area contributed by atoms with Gasteiger partial charge in [0.15, 0.2) is 0 Å². The molecule has 2 saturated carbocycles. The van der Waals surface area contributed by atoms with Crippen LogP contribution in [0.4, 0.5) is 0 Å². The van der Waals surface area contributed by atoms with E-state index in [4.69, 9.17) is 0 Å². The Hall–Kier alpha value is -0.0400. The summed E-state index contributed by atoms with van der Waals surface area (Å²) in [7, 11) is 4.42. The molecule has 52 valence electrons. The van der Waals surface area contributed by atoms with Gasteiger partial charge in [0.25, 0.3) is 0 Å². The molecule has 0 saturated heterocycles. The van der Waals surface area contributed by atoms with E-state index >= 15 is 0 Å². The summed E-state index contributed by atoms with van der Waals surface area (Å²) in [5, 5.41) is 0. The van der Waals surface area contributed by atoms with E-state index in [0.717, 1.165) is 17.9 Å². The molecule has 0 aromatic carbocycles. The first-order valence-corrected chi connectivity index (χ1v) is 3.95. The van der Waals surface area contributed by atoms with Crippen LogP contribution in [0.15, 0.2) is 0 Å². The van der Waals surface area contributed by atoms with Gasteiger partial charge in [-0.05, 0) is 45.2 Å². The molecule has 0 spiro atoms. The van der Waals surface area contributed by atoms with Crippen LogP contribution in [-0.2, 0) is 0 Å². The third-order valence-corrected chi connectivity index (χ3v) is 3.18. The van der Waals surface area contributed by atoms with Crippen LogP contribution in [0.5, 0.6) is 0 Å². The van der Waals surface area contributed by atoms with E-state index in [2.05, 4.69) is 19.0 Å². The summed E-state index contributed by atoms with van der Waals surface area (Å²) in [6.45, 7) is 0. The van der Waals surface area contributed by atoms with Crippen LogP contribution in [0, 0.1) is 11.8 Å². The van der Waals surface area contributed by atoms with Crippen LogP contribution < -0.4 is 0 Å². The largest absolute Gasteiger partial charge is 0.306 e. The smallest absolute Gasteiger partial charge is 0.0123 e. The fourth-order valence-corrected chi connectivity index (χ4v) is 2.28. The quantitative estimate of drug-likeness (QED) is 0.511. The lowest BCUT2D eigenvalue weighted by Gasteiger charge is -2.55. The Kier molecular flexibility index (Phi) is 1.10. The highest BCUT2D eigenvalue weighted by molar-refractivity contribution is 5.00. The van der Waals surface area contributed by atoms with Gasteiger partial charge in [-0.3, -0.25) is 0 Å². The predicted octanol–water partition coefficient (Wildman–Crippen LogP) is 1.35. The SMILES string of the molecule is CN(C)C1CC2CCC21. The minimum absolute atomic E-state index is 0.948.